The van der Waals surface area contributed by atoms with Crippen LogP contribution in [0.4, 0.5) is 0 Å². The number of carbonyl (C=O) groups excluding carboxylic acids is 1. The number of hydrogen-bond acceptors (Lipinski definition) is 2. The van der Waals surface area contributed by atoms with Crippen molar-refractivity contribution in [1.82, 2.24) is 10.2 Å². The predicted octanol–water partition coefficient (Wildman–Crippen LogP) is 3.25. The van der Waals surface area contributed by atoms with E-state index in [1.165, 1.54) is 11.1 Å². The smallest absolute Gasteiger partial charge is 0.251 e. The van der Waals surface area contributed by atoms with Crippen LogP contribution in [0, 0.1) is 0 Å². The molecule has 0 fully saturated rings. The Kier molecular flexibility index (Phi) is 5.43. The standard InChI is InChI=1S/C20H24N2O/c23-20(18-9-2-1-3-10-18)21-13-6-7-14-22-15-12-17-8-4-5-11-19(17)16-22/h1-5,8-11H,6-7,12-16H2,(H,21,23). The highest BCUT2D eigenvalue weighted by atomic mass is 16.1. The Balaban J connectivity index is 1.34. The van der Waals surface area contributed by atoms with E-state index in [-0.39, 0.29) is 5.91 Å². The summed E-state index contributed by atoms with van der Waals surface area (Å²) in [7, 11) is 0. The topological polar surface area (TPSA) is 32.3 Å². The van der Waals surface area contributed by atoms with Gasteiger partial charge in [0.15, 0.2) is 0 Å². The largest absolute Gasteiger partial charge is 0.352 e. The van der Waals surface area contributed by atoms with E-state index in [9.17, 15) is 4.79 Å². The predicted molar refractivity (Wildman–Crippen MR) is 93.4 cm³/mol. The first kappa shape index (κ1) is 15.8. The Morgan fingerprint density at radius 3 is 2.52 bits per heavy atom. The Hall–Kier alpha value is -2.13. The molecule has 1 amide bonds. The maximum atomic E-state index is 11.9. The van der Waals surface area contributed by atoms with Crippen molar-refractivity contribution in [3.05, 3.63) is 71.3 Å². The fourth-order valence-corrected chi connectivity index (χ4v) is 3.10. The monoisotopic (exact) mass is 308 g/mol. The molecule has 1 aliphatic rings. The minimum Gasteiger partial charge on any atom is -0.352 e. The van der Waals surface area contributed by atoms with E-state index in [1.54, 1.807) is 0 Å². The average molecular weight is 308 g/mol. The van der Waals surface area contributed by atoms with E-state index in [0.29, 0.717) is 0 Å². The second-order valence-electron chi connectivity index (χ2n) is 6.12. The minimum absolute atomic E-state index is 0.0255. The first-order chi connectivity index (χ1) is 11.3. The maximum Gasteiger partial charge on any atom is 0.251 e. The molecule has 0 radical (unpaired) electrons. The van der Waals surface area contributed by atoms with Crippen molar-refractivity contribution in [3.8, 4) is 0 Å². The normalized spacial score (nSPS) is 14.3. The van der Waals surface area contributed by atoms with Crippen LogP contribution in [0.15, 0.2) is 54.6 Å². The van der Waals surface area contributed by atoms with E-state index in [2.05, 4.69) is 34.5 Å². The van der Waals surface area contributed by atoms with E-state index < -0.39 is 0 Å². The number of rotatable bonds is 6. The van der Waals surface area contributed by atoms with Gasteiger partial charge in [-0.3, -0.25) is 9.69 Å². The Labute approximate surface area is 138 Å². The zero-order chi connectivity index (χ0) is 15.9. The molecule has 0 saturated heterocycles. The highest BCUT2D eigenvalue weighted by Gasteiger charge is 2.14. The van der Waals surface area contributed by atoms with Gasteiger partial charge in [-0.05, 0) is 49.1 Å². The lowest BCUT2D eigenvalue weighted by Gasteiger charge is -2.28. The summed E-state index contributed by atoms with van der Waals surface area (Å²) in [6.45, 7) is 4.06. The quantitative estimate of drug-likeness (QED) is 0.831. The molecular weight excluding hydrogens is 284 g/mol. The third kappa shape index (κ3) is 4.42. The first-order valence-corrected chi connectivity index (χ1v) is 8.45. The molecule has 3 rings (SSSR count). The molecule has 0 atom stereocenters. The fourth-order valence-electron chi connectivity index (χ4n) is 3.10. The van der Waals surface area contributed by atoms with Crippen LogP contribution in [0.1, 0.15) is 34.3 Å². The Bertz CT molecular complexity index is 639. The third-order valence-corrected chi connectivity index (χ3v) is 4.43. The number of hydrogen-bond donors (Lipinski definition) is 1. The van der Waals surface area contributed by atoms with E-state index in [0.717, 1.165) is 51.0 Å². The van der Waals surface area contributed by atoms with Gasteiger partial charge in [-0.25, -0.2) is 0 Å². The van der Waals surface area contributed by atoms with E-state index in [4.69, 9.17) is 0 Å². The van der Waals surface area contributed by atoms with Gasteiger partial charge in [-0.1, -0.05) is 42.5 Å². The number of amides is 1. The van der Waals surface area contributed by atoms with Crippen molar-refractivity contribution in [2.45, 2.75) is 25.8 Å². The van der Waals surface area contributed by atoms with Crippen molar-refractivity contribution in [1.29, 1.82) is 0 Å². The molecule has 120 valence electrons. The highest BCUT2D eigenvalue weighted by Crippen LogP contribution is 2.18. The first-order valence-electron chi connectivity index (χ1n) is 8.45. The number of nitrogens with one attached hydrogen (secondary N) is 1. The molecular formula is C20H24N2O. The number of fused-ring (bicyclic) bond motifs is 1. The number of unbranched alkanes of at least 4 members (excludes halogenated alkanes) is 1. The van der Waals surface area contributed by atoms with E-state index in [1.807, 2.05) is 30.3 Å². The van der Waals surface area contributed by atoms with Gasteiger partial charge < -0.3 is 5.32 Å². The van der Waals surface area contributed by atoms with Crippen molar-refractivity contribution in [3.63, 3.8) is 0 Å². The third-order valence-electron chi connectivity index (χ3n) is 4.43. The van der Waals surface area contributed by atoms with Crippen molar-refractivity contribution in [2.24, 2.45) is 0 Å². The molecule has 1 heterocycles. The Morgan fingerprint density at radius 2 is 1.70 bits per heavy atom. The van der Waals surface area contributed by atoms with Gasteiger partial charge in [-0.15, -0.1) is 0 Å². The average Bonchev–Trinajstić information content (AvgIpc) is 2.62. The number of carbonyl (C=O) groups is 1. The number of benzene rings is 2. The molecule has 0 aliphatic carbocycles. The van der Waals surface area contributed by atoms with Crippen molar-refractivity contribution < 1.29 is 4.79 Å². The van der Waals surface area contributed by atoms with Crippen molar-refractivity contribution >= 4 is 5.91 Å². The molecule has 0 unspecified atom stereocenters. The molecule has 3 nitrogen and oxygen atoms in total. The minimum atomic E-state index is 0.0255. The molecule has 1 aliphatic heterocycles. The van der Waals surface area contributed by atoms with Gasteiger partial charge in [-0.2, -0.15) is 0 Å². The van der Waals surface area contributed by atoms with Gasteiger partial charge >= 0.3 is 0 Å². The molecule has 0 aromatic heterocycles. The van der Waals surface area contributed by atoms with Crippen LogP contribution >= 0.6 is 0 Å². The molecule has 23 heavy (non-hydrogen) atoms. The van der Waals surface area contributed by atoms with Crippen molar-refractivity contribution in [2.75, 3.05) is 19.6 Å². The second-order valence-corrected chi connectivity index (χ2v) is 6.12. The summed E-state index contributed by atoms with van der Waals surface area (Å²) in [6.07, 6.45) is 3.30. The molecule has 0 bridgehead atoms. The molecule has 1 N–H and O–H groups in total. The summed E-state index contributed by atoms with van der Waals surface area (Å²) in [5.41, 5.74) is 3.70. The lowest BCUT2D eigenvalue weighted by atomic mass is 10.00. The summed E-state index contributed by atoms with van der Waals surface area (Å²) >= 11 is 0. The second kappa shape index (κ2) is 7.93. The summed E-state index contributed by atoms with van der Waals surface area (Å²) in [5, 5.41) is 2.99. The fraction of sp³-hybridized carbons (Fsp3) is 0.350. The molecule has 0 saturated carbocycles. The maximum absolute atomic E-state index is 11.9. The summed E-state index contributed by atoms with van der Waals surface area (Å²) in [6, 6.07) is 18.1. The molecule has 2 aromatic rings. The van der Waals surface area contributed by atoms with E-state index >= 15 is 0 Å². The zero-order valence-corrected chi connectivity index (χ0v) is 13.5. The van der Waals surface area contributed by atoms with Gasteiger partial charge in [0.1, 0.15) is 0 Å². The van der Waals surface area contributed by atoms with Crippen LogP contribution < -0.4 is 5.32 Å². The zero-order valence-electron chi connectivity index (χ0n) is 13.5. The molecule has 2 aromatic carbocycles. The lowest BCUT2D eigenvalue weighted by Crippen LogP contribution is -2.32. The van der Waals surface area contributed by atoms with Gasteiger partial charge in [0.25, 0.3) is 5.91 Å². The summed E-state index contributed by atoms with van der Waals surface area (Å²) in [4.78, 5) is 14.4. The summed E-state index contributed by atoms with van der Waals surface area (Å²) < 4.78 is 0. The van der Waals surface area contributed by atoms with Crippen LogP contribution in [0.5, 0.6) is 0 Å². The number of nitrogens with zero attached hydrogens (tertiary/aromatic N) is 1. The van der Waals surface area contributed by atoms with Gasteiger partial charge in [0, 0.05) is 25.2 Å². The lowest BCUT2D eigenvalue weighted by molar-refractivity contribution is 0.0952. The SMILES string of the molecule is O=C(NCCCCN1CCc2ccccc2C1)c1ccccc1. The highest BCUT2D eigenvalue weighted by molar-refractivity contribution is 5.94. The van der Waals surface area contributed by atoms with Crippen LogP contribution in [0.2, 0.25) is 0 Å². The summed E-state index contributed by atoms with van der Waals surface area (Å²) in [5.74, 6) is 0.0255. The van der Waals surface area contributed by atoms with Crippen LogP contribution in [0.3, 0.4) is 0 Å². The van der Waals surface area contributed by atoms with Crippen LogP contribution in [-0.2, 0) is 13.0 Å². The van der Waals surface area contributed by atoms with Gasteiger partial charge in [0.2, 0.25) is 0 Å². The van der Waals surface area contributed by atoms with Crippen LogP contribution in [0.25, 0.3) is 0 Å². The molecule has 0 spiro atoms. The molecule has 3 heteroatoms. The Morgan fingerprint density at radius 1 is 0.957 bits per heavy atom. The van der Waals surface area contributed by atoms with Crippen LogP contribution in [-0.4, -0.2) is 30.4 Å². The van der Waals surface area contributed by atoms with Gasteiger partial charge in [0.05, 0.1) is 0 Å².